The normalized spacial score (nSPS) is 17.2. The molecule has 1 aliphatic heterocycles. The van der Waals surface area contributed by atoms with E-state index in [-0.39, 0.29) is 18.4 Å². The SMILES string of the molecule is Cc1ccccc1-c1cccc([C@H](O)C=CC2CCC(=O)N2CCCCCCC(=O)O)c1. The second-order valence-corrected chi connectivity index (χ2v) is 8.52. The summed E-state index contributed by atoms with van der Waals surface area (Å²) in [5.74, 6) is -0.603. The first-order chi connectivity index (χ1) is 15.5. The van der Waals surface area contributed by atoms with Crippen molar-refractivity contribution in [3.8, 4) is 11.1 Å². The Morgan fingerprint density at radius 2 is 1.91 bits per heavy atom. The largest absolute Gasteiger partial charge is 0.481 e. The Labute approximate surface area is 190 Å². The summed E-state index contributed by atoms with van der Waals surface area (Å²) in [7, 11) is 0. The number of hydrogen-bond acceptors (Lipinski definition) is 3. The summed E-state index contributed by atoms with van der Waals surface area (Å²) in [5.41, 5.74) is 4.25. The molecular formula is C27H33NO4. The Morgan fingerprint density at radius 3 is 2.69 bits per heavy atom. The van der Waals surface area contributed by atoms with Gasteiger partial charge in [-0.3, -0.25) is 9.59 Å². The van der Waals surface area contributed by atoms with Crippen molar-refractivity contribution in [2.24, 2.45) is 0 Å². The highest BCUT2D eigenvalue weighted by atomic mass is 16.4. The number of carboxylic acids is 1. The Kier molecular flexibility index (Phi) is 8.63. The quantitative estimate of drug-likeness (QED) is 0.372. The minimum absolute atomic E-state index is 0.00993. The van der Waals surface area contributed by atoms with Gasteiger partial charge in [-0.2, -0.15) is 0 Å². The van der Waals surface area contributed by atoms with Crippen LogP contribution < -0.4 is 0 Å². The van der Waals surface area contributed by atoms with Crippen LogP contribution in [0.25, 0.3) is 11.1 Å². The first-order valence-electron chi connectivity index (χ1n) is 11.5. The summed E-state index contributed by atoms with van der Waals surface area (Å²) in [6.07, 6.45) is 7.87. The van der Waals surface area contributed by atoms with Gasteiger partial charge in [-0.25, -0.2) is 0 Å². The molecule has 32 heavy (non-hydrogen) atoms. The van der Waals surface area contributed by atoms with Crippen molar-refractivity contribution < 1.29 is 19.8 Å². The van der Waals surface area contributed by atoms with Gasteiger partial charge in [0.05, 0.1) is 12.1 Å². The number of aliphatic carboxylic acids is 1. The number of hydrogen-bond donors (Lipinski definition) is 2. The predicted molar refractivity (Wildman–Crippen MR) is 126 cm³/mol. The average molecular weight is 436 g/mol. The van der Waals surface area contributed by atoms with E-state index in [1.807, 2.05) is 41.3 Å². The van der Waals surface area contributed by atoms with Crippen molar-refractivity contribution in [2.45, 2.75) is 64.0 Å². The summed E-state index contributed by atoms with van der Waals surface area (Å²) in [4.78, 5) is 24.8. The molecule has 1 unspecified atom stereocenters. The third-order valence-electron chi connectivity index (χ3n) is 6.11. The van der Waals surface area contributed by atoms with Crippen molar-refractivity contribution in [3.63, 3.8) is 0 Å². The molecule has 0 aromatic heterocycles. The molecule has 3 rings (SSSR count). The van der Waals surface area contributed by atoms with Crippen molar-refractivity contribution in [2.75, 3.05) is 6.54 Å². The number of likely N-dealkylation sites (tertiary alicyclic amines) is 1. The number of aliphatic hydroxyl groups excluding tert-OH is 1. The van der Waals surface area contributed by atoms with Gasteiger partial charge in [0.25, 0.3) is 0 Å². The molecule has 2 atom stereocenters. The molecule has 0 radical (unpaired) electrons. The lowest BCUT2D eigenvalue weighted by molar-refractivity contribution is -0.137. The van der Waals surface area contributed by atoms with Gasteiger partial charge in [-0.05, 0) is 54.5 Å². The smallest absolute Gasteiger partial charge is 0.303 e. The molecule has 1 saturated heterocycles. The minimum atomic E-state index is -0.757. The minimum Gasteiger partial charge on any atom is -0.481 e. The molecule has 0 bridgehead atoms. The van der Waals surface area contributed by atoms with E-state index in [9.17, 15) is 14.7 Å². The number of aliphatic hydroxyl groups is 1. The predicted octanol–water partition coefficient (Wildman–Crippen LogP) is 5.28. The van der Waals surface area contributed by atoms with Crippen LogP contribution in [0.5, 0.6) is 0 Å². The van der Waals surface area contributed by atoms with E-state index in [0.717, 1.165) is 42.4 Å². The number of rotatable bonds is 11. The number of carbonyl (C=O) groups is 2. The Bertz CT molecular complexity index is 952. The van der Waals surface area contributed by atoms with Gasteiger partial charge in [0.2, 0.25) is 5.91 Å². The van der Waals surface area contributed by atoms with E-state index in [1.165, 1.54) is 5.56 Å². The van der Waals surface area contributed by atoms with E-state index in [2.05, 4.69) is 25.1 Å². The maximum Gasteiger partial charge on any atom is 0.303 e. The van der Waals surface area contributed by atoms with Crippen LogP contribution in [-0.4, -0.2) is 39.6 Å². The number of benzene rings is 2. The van der Waals surface area contributed by atoms with Gasteiger partial charge < -0.3 is 15.1 Å². The van der Waals surface area contributed by atoms with E-state index >= 15 is 0 Å². The Balaban J connectivity index is 1.57. The number of amides is 1. The molecule has 1 amide bonds. The van der Waals surface area contributed by atoms with Crippen molar-refractivity contribution in [1.29, 1.82) is 0 Å². The van der Waals surface area contributed by atoms with E-state index in [1.54, 1.807) is 6.08 Å². The standard InChI is InChI=1S/C27H33NO4/c1-20-9-5-6-12-24(20)21-10-8-11-22(19-21)25(29)16-14-23-15-17-26(30)28(23)18-7-3-2-4-13-27(31)32/h5-6,8-12,14,16,19,23,25,29H,2-4,7,13,15,17-18H2,1H3,(H,31,32)/t23?,25-/m1/s1. The van der Waals surface area contributed by atoms with Gasteiger partial charge in [-0.1, -0.05) is 67.5 Å². The maximum atomic E-state index is 12.3. The molecule has 5 nitrogen and oxygen atoms in total. The highest BCUT2D eigenvalue weighted by molar-refractivity contribution is 5.79. The molecule has 1 fully saturated rings. The highest BCUT2D eigenvalue weighted by Gasteiger charge is 2.28. The van der Waals surface area contributed by atoms with Crippen molar-refractivity contribution >= 4 is 11.9 Å². The van der Waals surface area contributed by atoms with Crippen LogP contribution in [0.15, 0.2) is 60.7 Å². The van der Waals surface area contributed by atoms with Crippen LogP contribution >= 0.6 is 0 Å². The zero-order valence-corrected chi connectivity index (χ0v) is 18.7. The van der Waals surface area contributed by atoms with Gasteiger partial charge >= 0.3 is 5.97 Å². The van der Waals surface area contributed by atoms with Crippen LogP contribution in [0.4, 0.5) is 0 Å². The summed E-state index contributed by atoms with van der Waals surface area (Å²) >= 11 is 0. The fourth-order valence-corrected chi connectivity index (χ4v) is 4.29. The van der Waals surface area contributed by atoms with E-state index in [0.29, 0.717) is 19.4 Å². The van der Waals surface area contributed by atoms with E-state index in [4.69, 9.17) is 5.11 Å². The van der Waals surface area contributed by atoms with Gasteiger partial charge in [0.15, 0.2) is 0 Å². The lowest BCUT2D eigenvalue weighted by Gasteiger charge is -2.22. The number of aryl methyl sites for hydroxylation is 1. The van der Waals surface area contributed by atoms with Crippen LogP contribution in [-0.2, 0) is 9.59 Å². The van der Waals surface area contributed by atoms with Crippen molar-refractivity contribution in [1.82, 2.24) is 4.90 Å². The molecule has 1 aliphatic rings. The van der Waals surface area contributed by atoms with Gasteiger partial charge in [-0.15, -0.1) is 0 Å². The van der Waals surface area contributed by atoms with Crippen LogP contribution in [0.1, 0.15) is 62.2 Å². The van der Waals surface area contributed by atoms with Crippen LogP contribution in [0.3, 0.4) is 0 Å². The highest BCUT2D eigenvalue weighted by Crippen LogP contribution is 2.27. The summed E-state index contributed by atoms with van der Waals surface area (Å²) < 4.78 is 0. The first kappa shape index (κ1) is 23.7. The number of unbranched alkanes of at least 4 members (excludes halogenated alkanes) is 3. The molecule has 2 N–H and O–H groups in total. The second kappa shape index (κ2) is 11.6. The summed E-state index contributed by atoms with van der Waals surface area (Å²) in [5, 5.41) is 19.5. The molecule has 0 spiro atoms. The number of nitrogens with zero attached hydrogens (tertiary/aromatic N) is 1. The number of carbonyl (C=O) groups excluding carboxylic acids is 1. The zero-order valence-electron chi connectivity index (χ0n) is 18.7. The van der Waals surface area contributed by atoms with Crippen LogP contribution in [0.2, 0.25) is 0 Å². The van der Waals surface area contributed by atoms with Crippen molar-refractivity contribution in [3.05, 3.63) is 71.8 Å². The molecule has 0 saturated carbocycles. The topological polar surface area (TPSA) is 77.8 Å². The maximum absolute atomic E-state index is 12.3. The summed E-state index contributed by atoms with van der Waals surface area (Å²) in [6, 6.07) is 16.2. The van der Waals surface area contributed by atoms with Crippen LogP contribution in [0, 0.1) is 6.92 Å². The fourth-order valence-electron chi connectivity index (χ4n) is 4.29. The molecule has 1 heterocycles. The third kappa shape index (κ3) is 6.54. The molecule has 2 aromatic carbocycles. The zero-order chi connectivity index (χ0) is 22.9. The van der Waals surface area contributed by atoms with E-state index < -0.39 is 12.1 Å². The molecule has 0 aliphatic carbocycles. The third-order valence-corrected chi connectivity index (χ3v) is 6.11. The Morgan fingerprint density at radius 1 is 1.12 bits per heavy atom. The lowest BCUT2D eigenvalue weighted by Crippen LogP contribution is -2.32. The molecule has 5 heteroatoms. The molecule has 170 valence electrons. The fraction of sp³-hybridized carbons (Fsp3) is 0.407. The average Bonchev–Trinajstić information content (AvgIpc) is 3.14. The monoisotopic (exact) mass is 435 g/mol. The molecule has 2 aromatic rings. The number of carboxylic acid groups (broad SMARTS) is 1. The molecular weight excluding hydrogens is 402 g/mol. The first-order valence-corrected chi connectivity index (χ1v) is 11.5. The second-order valence-electron chi connectivity index (χ2n) is 8.52. The summed E-state index contributed by atoms with van der Waals surface area (Å²) in [6.45, 7) is 2.76. The lowest BCUT2D eigenvalue weighted by atomic mass is 9.97. The Hall–Kier alpha value is -2.92. The van der Waals surface area contributed by atoms with Gasteiger partial charge in [0.1, 0.15) is 0 Å². The van der Waals surface area contributed by atoms with Gasteiger partial charge in [0, 0.05) is 19.4 Å².